The summed E-state index contributed by atoms with van der Waals surface area (Å²) in [6, 6.07) is 5.17. The van der Waals surface area contributed by atoms with E-state index >= 15 is 0 Å². The maximum absolute atomic E-state index is 12.4. The van der Waals surface area contributed by atoms with E-state index in [1.165, 1.54) is 0 Å². The molecule has 0 radical (unpaired) electrons. The predicted molar refractivity (Wildman–Crippen MR) is 102 cm³/mol. The molecule has 0 aromatic heterocycles. The van der Waals surface area contributed by atoms with Gasteiger partial charge in [0.15, 0.2) is 11.5 Å². The highest BCUT2D eigenvalue weighted by molar-refractivity contribution is 6.19. The fraction of sp³-hybridized carbons (Fsp3) is 0.579. The van der Waals surface area contributed by atoms with Crippen LogP contribution in [0.5, 0.6) is 11.5 Å². The van der Waals surface area contributed by atoms with Gasteiger partial charge in [-0.05, 0) is 32.0 Å². The SMILES string of the molecule is CC(C)(CCl)C(=O)N1CCN(CCNC(=O)c2ccc3c(c2)OCO3)CC1. The summed E-state index contributed by atoms with van der Waals surface area (Å²) in [4.78, 5) is 28.9. The number of ether oxygens (including phenoxy) is 2. The number of carbonyl (C=O) groups excluding carboxylic acids is 2. The van der Waals surface area contributed by atoms with Crippen molar-refractivity contribution in [2.45, 2.75) is 13.8 Å². The van der Waals surface area contributed by atoms with Crippen molar-refractivity contribution in [2.75, 3.05) is 51.9 Å². The Kier molecular flexibility index (Phi) is 6.11. The molecule has 2 heterocycles. The summed E-state index contributed by atoms with van der Waals surface area (Å²) in [6.45, 7) is 8.21. The molecule has 0 bridgehead atoms. The molecular formula is C19H26ClN3O4. The van der Waals surface area contributed by atoms with Crippen molar-refractivity contribution in [3.8, 4) is 11.5 Å². The molecule has 7 nitrogen and oxygen atoms in total. The van der Waals surface area contributed by atoms with Crippen molar-refractivity contribution in [2.24, 2.45) is 5.41 Å². The second-order valence-corrected chi connectivity index (χ2v) is 7.74. The zero-order valence-electron chi connectivity index (χ0n) is 15.8. The fourth-order valence-electron chi connectivity index (χ4n) is 3.13. The highest BCUT2D eigenvalue weighted by Gasteiger charge is 2.32. The standard InChI is InChI=1S/C19H26ClN3O4/c1-19(2,12-20)18(25)23-9-7-22(8-10-23)6-5-21-17(24)14-3-4-15-16(11-14)27-13-26-15/h3-4,11H,5-10,12-13H2,1-2H3,(H,21,24). The number of halogens is 1. The first kappa shape index (κ1) is 19.8. The maximum atomic E-state index is 12.4. The van der Waals surface area contributed by atoms with Gasteiger partial charge in [-0.3, -0.25) is 14.5 Å². The molecule has 2 aliphatic rings. The van der Waals surface area contributed by atoms with E-state index in [2.05, 4.69) is 10.2 Å². The highest BCUT2D eigenvalue weighted by atomic mass is 35.5. The number of nitrogens with zero attached hydrogens (tertiary/aromatic N) is 2. The smallest absolute Gasteiger partial charge is 0.251 e. The Morgan fingerprint density at radius 2 is 1.85 bits per heavy atom. The average molecular weight is 396 g/mol. The van der Waals surface area contributed by atoms with Gasteiger partial charge in [0.1, 0.15) is 0 Å². The zero-order valence-corrected chi connectivity index (χ0v) is 16.6. The van der Waals surface area contributed by atoms with Gasteiger partial charge in [0.05, 0.1) is 5.41 Å². The number of fused-ring (bicyclic) bond motifs is 1. The van der Waals surface area contributed by atoms with Crippen LogP contribution in [-0.4, -0.2) is 73.6 Å². The quantitative estimate of drug-likeness (QED) is 0.740. The molecule has 2 aliphatic heterocycles. The minimum atomic E-state index is -0.525. The summed E-state index contributed by atoms with van der Waals surface area (Å²) in [5.41, 5.74) is 0.0282. The number of carbonyl (C=O) groups is 2. The van der Waals surface area contributed by atoms with E-state index in [0.717, 1.165) is 19.6 Å². The molecular weight excluding hydrogens is 370 g/mol. The van der Waals surface area contributed by atoms with Crippen molar-refractivity contribution >= 4 is 23.4 Å². The Bertz CT molecular complexity index is 702. The van der Waals surface area contributed by atoms with E-state index in [4.69, 9.17) is 21.1 Å². The third-order valence-corrected chi connectivity index (χ3v) is 5.59. The van der Waals surface area contributed by atoms with Crippen LogP contribution in [0.25, 0.3) is 0 Å². The van der Waals surface area contributed by atoms with Gasteiger partial charge in [-0.15, -0.1) is 11.6 Å². The van der Waals surface area contributed by atoms with E-state index in [-0.39, 0.29) is 18.6 Å². The molecule has 148 valence electrons. The summed E-state index contributed by atoms with van der Waals surface area (Å²) < 4.78 is 10.6. The molecule has 0 unspecified atom stereocenters. The first-order valence-electron chi connectivity index (χ1n) is 9.16. The Morgan fingerprint density at radius 1 is 1.15 bits per heavy atom. The molecule has 1 aromatic carbocycles. The van der Waals surface area contributed by atoms with Crippen molar-refractivity contribution in [3.05, 3.63) is 23.8 Å². The lowest BCUT2D eigenvalue weighted by atomic mass is 9.94. The maximum Gasteiger partial charge on any atom is 0.251 e. The van der Waals surface area contributed by atoms with Gasteiger partial charge in [0.25, 0.3) is 5.91 Å². The number of hydrogen-bond donors (Lipinski definition) is 1. The summed E-state index contributed by atoms with van der Waals surface area (Å²) >= 11 is 5.90. The number of benzene rings is 1. The molecule has 2 amide bonds. The monoisotopic (exact) mass is 395 g/mol. The van der Waals surface area contributed by atoms with Crippen molar-refractivity contribution < 1.29 is 19.1 Å². The number of nitrogens with one attached hydrogen (secondary N) is 1. The lowest BCUT2D eigenvalue weighted by Crippen LogP contribution is -2.53. The van der Waals surface area contributed by atoms with Crippen LogP contribution >= 0.6 is 11.6 Å². The molecule has 0 saturated carbocycles. The van der Waals surface area contributed by atoms with Gasteiger partial charge < -0.3 is 19.7 Å². The van der Waals surface area contributed by atoms with E-state index in [0.29, 0.717) is 42.6 Å². The van der Waals surface area contributed by atoms with E-state index in [9.17, 15) is 9.59 Å². The van der Waals surface area contributed by atoms with Crippen LogP contribution < -0.4 is 14.8 Å². The molecule has 0 atom stereocenters. The van der Waals surface area contributed by atoms with Crippen LogP contribution in [0.1, 0.15) is 24.2 Å². The van der Waals surface area contributed by atoms with Crippen LogP contribution in [0.3, 0.4) is 0 Å². The molecule has 1 aromatic rings. The van der Waals surface area contributed by atoms with Crippen LogP contribution in [0.4, 0.5) is 0 Å². The van der Waals surface area contributed by atoms with Crippen LogP contribution in [0.15, 0.2) is 18.2 Å². The van der Waals surface area contributed by atoms with Gasteiger partial charge >= 0.3 is 0 Å². The molecule has 0 spiro atoms. The third-order valence-electron chi connectivity index (χ3n) is 4.92. The predicted octanol–water partition coefficient (Wildman–Crippen LogP) is 1.55. The molecule has 8 heteroatoms. The lowest BCUT2D eigenvalue weighted by molar-refractivity contribution is -0.141. The van der Waals surface area contributed by atoms with E-state index in [1.807, 2.05) is 18.7 Å². The van der Waals surface area contributed by atoms with Crippen LogP contribution in [-0.2, 0) is 4.79 Å². The second-order valence-electron chi connectivity index (χ2n) is 7.48. The Labute approximate surface area is 164 Å². The summed E-state index contributed by atoms with van der Waals surface area (Å²) in [5.74, 6) is 1.55. The fourth-order valence-corrected chi connectivity index (χ4v) is 3.24. The Hall–Kier alpha value is -1.99. The molecule has 1 N–H and O–H groups in total. The molecule has 3 rings (SSSR count). The summed E-state index contributed by atoms with van der Waals surface area (Å²) in [6.07, 6.45) is 0. The number of hydrogen-bond acceptors (Lipinski definition) is 5. The van der Waals surface area contributed by atoms with E-state index < -0.39 is 5.41 Å². The van der Waals surface area contributed by atoms with Crippen LogP contribution in [0.2, 0.25) is 0 Å². The first-order valence-corrected chi connectivity index (χ1v) is 9.70. The second kappa shape index (κ2) is 8.35. The Morgan fingerprint density at radius 3 is 2.56 bits per heavy atom. The highest BCUT2D eigenvalue weighted by Crippen LogP contribution is 2.32. The molecule has 1 saturated heterocycles. The zero-order chi connectivity index (χ0) is 19.4. The Balaban J connectivity index is 1.40. The topological polar surface area (TPSA) is 71.1 Å². The minimum Gasteiger partial charge on any atom is -0.454 e. The van der Waals surface area contributed by atoms with Crippen molar-refractivity contribution in [1.82, 2.24) is 15.1 Å². The first-order chi connectivity index (χ1) is 12.9. The van der Waals surface area contributed by atoms with E-state index in [1.54, 1.807) is 18.2 Å². The molecule has 0 aliphatic carbocycles. The van der Waals surface area contributed by atoms with Crippen LogP contribution in [0, 0.1) is 5.41 Å². The van der Waals surface area contributed by atoms with Gasteiger partial charge in [-0.2, -0.15) is 0 Å². The summed E-state index contributed by atoms with van der Waals surface area (Å²) in [7, 11) is 0. The molecule has 1 fully saturated rings. The number of alkyl halides is 1. The minimum absolute atomic E-state index is 0.105. The van der Waals surface area contributed by atoms with Gasteiger partial charge in [0, 0.05) is 50.7 Å². The van der Waals surface area contributed by atoms with Gasteiger partial charge in [-0.1, -0.05) is 0 Å². The number of amides is 2. The summed E-state index contributed by atoms with van der Waals surface area (Å²) in [5, 5.41) is 2.93. The normalized spacial score (nSPS) is 17.1. The van der Waals surface area contributed by atoms with Crippen molar-refractivity contribution in [3.63, 3.8) is 0 Å². The molecule has 27 heavy (non-hydrogen) atoms. The lowest BCUT2D eigenvalue weighted by Gasteiger charge is -2.38. The van der Waals surface area contributed by atoms with Gasteiger partial charge in [-0.25, -0.2) is 0 Å². The third kappa shape index (κ3) is 4.65. The largest absolute Gasteiger partial charge is 0.454 e. The number of rotatable bonds is 6. The average Bonchev–Trinajstić information content (AvgIpc) is 3.15. The van der Waals surface area contributed by atoms with Crippen molar-refractivity contribution in [1.29, 1.82) is 0 Å². The van der Waals surface area contributed by atoms with Gasteiger partial charge in [0.2, 0.25) is 12.7 Å². The number of piperazine rings is 1.